The van der Waals surface area contributed by atoms with Gasteiger partial charge in [0.05, 0.1) is 0 Å². The van der Waals surface area contributed by atoms with Crippen molar-refractivity contribution in [1.29, 1.82) is 0 Å². The van der Waals surface area contributed by atoms with Gasteiger partial charge in [-0.15, -0.1) is 0 Å². The highest BCUT2D eigenvalue weighted by Gasteiger charge is 1.99. The molecule has 1 aromatic carbocycles. The van der Waals surface area contributed by atoms with Crippen molar-refractivity contribution in [3.05, 3.63) is 41.5 Å². The van der Waals surface area contributed by atoms with Gasteiger partial charge in [0.1, 0.15) is 0 Å². The minimum absolute atomic E-state index is 0.382. The van der Waals surface area contributed by atoms with Crippen LogP contribution in [0, 0.1) is 11.6 Å². The number of hydrogen-bond acceptors (Lipinski definition) is 1. The minimum atomic E-state index is -0.954. The van der Waals surface area contributed by atoms with E-state index in [2.05, 4.69) is 0 Å². The zero-order valence-corrected chi connectivity index (χ0v) is 7.18. The normalized spacial score (nSPS) is 10.7. The molecule has 1 nitrogen and oxygen atoms in total. The second-order valence-corrected chi connectivity index (χ2v) is 2.68. The molecule has 0 saturated heterocycles. The van der Waals surface area contributed by atoms with Crippen LogP contribution in [0.1, 0.15) is 5.56 Å². The Balaban J connectivity index is 2.92. The standard InChI is InChI=1S/C9H5ClF2O/c10-9(13)4-2-6-1-3-7(11)8(12)5-6/h1-5H. The molecule has 68 valence electrons. The summed E-state index contributed by atoms with van der Waals surface area (Å²) in [6, 6.07) is 3.30. The molecule has 4 heteroatoms. The fraction of sp³-hybridized carbons (Fsp3) is 0. The molecule has 0 aliphatic carbocycles. The van der Waals surface area contributed by atoms with Crippen molar-refractivity contribution in [1.82, 2.24) is 0 Å². The molecule has 1 rings (SSSR count). The highest BCUT2D eigenvalue weighted by Crippen LogP contribution is 2.09. The molecule has 0 fully saturated rings. The number of rotatable bonds is 2. The SMILES string of the molecule is O=C(Cl)C=Cc1ccc(F)c(F)c1. The van der Waals surface area contributed by atoms with E-state index in [-0.39, 0.29) is 0 Å². The zero-order chi connectivity index (χ0) is 9.84. The predicted molar refractivity (Wildman–Crippen MR) is 46.3 cm³/mol. The quantitative estimate of drug-likeness (QED) is 0.532. The Morgan fingerprint density at radius 1 is 1.31 bits per heavy atom. The molecule has 0 radical (unpaired) electrons. The average molecular weight is 203 g/mol. The largest absolute Gasteiger partial charge is 0.276 e. The van der Waals surface area contributed by atoms with Crippen LogP contribution in [-0.2, 0) is 4.79 Å². The first-order chi connectivity index (χ1) is 6.09. The highest BCUT2D eigenvalue weighted by molar-refractivity contribution is 6.66. The van der Waals surface area contributed by atoms with Crippen molar-refractivity contribution in [3.63, 3.8) is 0 Å². The Kier molecular flexibility index (Phi) is 3.14. The highest BCUT2D eigenvalue weighted by atomic mass is 35.5. The minimum Gasteiger partial charge on any atom is -0.276 e. The third kappa shape index (κ3) is 2.95. The number of benzene rings is 1. The van der Waals surface area contributed by atoms with Crippen LogP contribution in [0.25, 0.3) is 6.08 Å². The number of halogens is 3. The van der Waals surface area contributed by atoms with Gasteiger partial charge < -0.3 is 0 Å². The van der Waals surface area contributed by atoms with Crippen LogP contribution in [0.4, 0.5) is 8.78 Å². The first-order valence-corrected chi connectivity index (χ1v) is 3.80. The van der Waals surface area contributed by atoms with Gasteiger partial charge in [0.25, 0.3) is 0 Å². The molecule has 0 aliphatic heterocycles. The summed E-state index contributed by atoms with van der Waals surface area (Å²) >= 11 is 5.01. The first-order valence-electron chi connectivity index (χ1n) is 3.42. The molecule has 0 aromatic heterocycles. The maximum atomic E-state index is 12.6. The predicted octanol–water partition coefficient (Wildman–Crippen LogP) is 2.74. The maximum absolute atomic E-state index is 12.6. The second-order valence-electron chi connectivity index (χ2n) is 2.31. The Bertz CT molecular complexity index is 361. The van der Waals surface area contributed by atoms with Crippen LogP contribution >= 0.6 is 11.6 Å². The Labute approximate surface area is 78.6 Å². The summed E-state index contributed by atoms with van der Waals surface area (Å²) < 4.78 is 25.0. The van der Waals surface area contributed by atoms with Gasteiger partial charge in [0.2, 0.25) is 5.24 Å². The monoisotopic (exact) mass is 202 g/mol. The lowest BCUT2D eigenvalue weighted by Crippen LogP contribution is -1.84. The summed E-state index contributed by atoms with van der Waals surface area (Å²) in [5.74, 6) is -1.88. The van der Waals surface area contributed by atoms with Crippen molar-refractivity contribution in [3.8, 4) is 0 Å². The molecule has 0 heterocycles. The van der Waals surface area contributed by atoms with E-state index >= 15 is 0 Å². The van der Waals surface area contributed by atoms with Crippen LogP contribution in [0.5, 0.6) is 0 Å². The van der Waals surface area contributed by atoms with Crippen LogP contribution in [-0.4, -0.2) is 5.24 Å². The van der Waals surface area contributed by atoms with E-state index in [1.54, 1.807) is 0 Å². The molecule has 0 unspecified atom stereocenters. The molecule has 0 saturated carbocycles. The van der Waals surface area contributed by atoms with Crippen LogP contribution in [0.3, 0.4) is 0 Å². The van der Waals surface area contributed by atoms with Crippen molar-refractivity contribution >= 4 is 22.9 Å². The number of carbonyl (C=O) groups is 1. The summed E-state index contributed by atoms with van der Waals surface area (Å²) in [5.41, 5.74) is 0.382. The van der Waals surface area contributed by atoms with E-state index in [1.807, 2.05) is 0 Å². The maximum Gasteiger partial charge on any atom is 0.245 e. The topological polar surface area (TPSA) is 17.1 Å². The molecule has 0 bridgehead atoms. The summed E-state index contributed by atoms with van der Waals surface area (Å²) in [6.45, 7) is 0. The molecule has 0 spiro atoms. The summed E-state index contributed by atoms with van der Waals surface area (Å²) in [4.78, 5) is 10.3. The lowest BCUT2D eigenvalue weighted by atomic mass is 10.2. The first kappa shape index (κ1) is 9.86. The van der Waals surface area contributed by atoms with Crippen molar-refractivity contribution in [2.45, 2.75) is 0 Å². The van der Waals surface area contributed by atoms with Crippen molar-refractivity contribution < 1.29 is 13.6 Å². The van der Waals surface area contributed by atoms with E-state index in [9.17, 15) is 13.6 Å². The van der Waals surface area contributed by atoms with Crippen LogP contribution < -0.4 is 0 Å². The van der Waals surface area contributed by atoms with Gasteiger partial charge in [-0.2, -0.15) is 0 Å². The molecule has 0 atom stereocenters. The van der Waals surface area contributed by atoms with Crippen LogP contribution in [0.15, 0.2) is 24.3 Å². The van der Waals surface area contributed by atoms with E-state index in [4.69, 9.17) is 11.6 Å². The number of allylic oxidation sites excluding steroid dienone is 1. The molecular weight excluding hydrogens is 198 g/mol. The summed E-state index contributed by atoms with van der Waals surface area (Å²) in [7, 11) is 0. The van der Waals surface area contributed by atoms with E-state index < -0.39 is 16.9 Å². The van der Waals surface area contributed by atoms with Gasteiger partial charge in [-0.05, 0) is 35.4 Å². The molecular formula is C9H5ClF2O. The van der Waals surface area contributed by atoms with Crippen molar-refractivity contribution in [2.24, 2.45) is 0 Å². The van der Waals surface area contributed by atoms with Crippen LogP contribution in [0.2, 0.25) is 0 Å². The Hall–Kier alpha value is -1.22. The average Bonchev–Trinajstić information content (AvgIpc) is 2.07. The second kappa shape index (κ2) is 4.14. The van der Waals surface area contributed by atoms with Crippen molar-refractivity contribution in [2.75, 3.05) is 0 Å². The molecule has 13 heavy (non-hydrogen) atoms. The smallest absolute Gasteiger partial charge is 0.245 e. The number of hydrogen-bond donors (Lipinski definition) is 0. The third-order valence-electron chi connectivity index (χ3n) is 1.35. The summed E-state index contributed by atoms with van der Waals surface area (Å²) in [6.07, 6.45) is 2.37. The van der Waals surface area contributed by atoms with Gasteiger partial charge in [-0.1, -0.05) is 12.1 Å². The number of carbonyl (C=O) groups excluding carboxylic acids is 1. The lowest BCUT2D eigenvalue weighted by molar-refractivity contribution is -0.107. The van der Waals surface area contributed by atoms with Gasteiger partial charge in [-0.3, -0.25) is 4.79 Å². The van der Waals surface area contributed by atoms with E-state index in [0.29, 0.717) is 5.56 Å². The molecule has 1 aromatic rings. The van der Waals surface area contributed by atoms with E-state index in [1.165, 1.54) is 12.1 Å². The molecule has 0 N–H and O–H groups in total. The van der Waals surface area contributed by atoms with Gasteiger partial charge in [0.15, 0.2) is 11.6 Å². The fourth-order valence-corrected chi connectivity index (χ4v) is 0.841. The summed E-state index contributed by atoms with van der Waals surface area (Å²) in [5, 5.41) is -0.662. The third-order valence-corrected chi connectivity index (χ3v) is 1.48. The fourth-order valence-electron chi connectivity index (χ4n) is 0.778. The Morgan fingerprint density at radius 3 is 2.54 bits per heavy atom. The van der Waals surface area contributed by atoms with Gasteiger partial charge >= 0.3 is 0 Å². The van der Waals surface area contributed by atoms with Gasteiger partial charge in [-0.25, -0.2) is 8.78 Å². The van der Waals surface area contributed by atoms with E-state index in [0.717, 1.165) is 18.2 Å². The molecule has 0 amide bonds. The zero-order valence-electron chi connectivity index (χ0n) is 6.43. The van der Waals surface area contributed by atoms with Gasteiger partial charge in [0, 0.05) is 0 Å². The Morgan fingerprint density at radius 2 is 2.00 bits per heavy atom. The lowest BCUT2D eigenvalue weighted by Gasteiger charge is -1.94. The molecule has 0 aliphatic rings.